The summed E-state index contributed by atoms with van der Waals surface area (Å²) in [5, 5.41) is 14.7. The van der Waals surface area contributed by atoms with Gasteiger partial charge in [0.05, 0.1) is 17.9 Å². The van der Waals surface area contributed by atoms with Gasteiger partial charge >= 0.3 is 6.09 Å². The summed E-state index contributed by atoms with van der Waals surface area (Å²) in [5.74, 6) is -0.186. The van der Waals surface area contributed by atoms with Crippen LogP contribution in [0.4, 0.5) is 4.79 Å². The number of benzene rings is 1. The first-order valence-corrected chi connectivity index (χ1v) is 11.6. The molecule has 1 aliphatic heterocycles. The van der Waals surface area contributed by atoms with E-state index in [1.807, 2.05) is 25.7 Å². The first-order valence-electron chi connectivity index (χ1n) is 10.8. The number of amides is 1. The Balaban J connectivity index is 1.53. The summed E-state index contributed by atoms with van der Waals surface area (Å²) in [4.78, 5) is 27.8. The highest BCUT2D eigenvalue weighted by Gasteiger charge is 2.40. The van der Waals surface area contributed by atoms with Crippen molar-refractivity contribution >= 4 is 35.2 Å². The summed E-state index contributed by atoms with van der Waals surface area (Å²) in [6, 6.07) is 2.77. The third kappa shape index (κ3) is 4.46. The second-order valence-corrected chi connectivity index (χ2v) is 10.3. The van der Waals surface area contributed by atoms with E-state index >= 15 is 0 Å². The smallest absolute Gasteiger partial charge is 0.435 e. The minimum atomic E-state index is -0.612. The SMILES string of the molecule is CC(C)(C)OC(=O)n1ncc2c1CCC[C@H]2N1CCC(Cc2c(Cl)cc(O)cc2Cl)C1=O. The zero-order valence-electron chi connectivity index (χ0n) is 18.4. The van der Waals surface area contributed by atoms with E-state index in [9.17, 15) is 14.7 Å². The quantitative estimate of drug-likeness (QED) is 0.657. The molecule has 1 amide bonds. The molecule has 2 atom stereocenters. The monoisotopic (exact) mass is 479 g/mol. The Labute approximate surface area is 197 Å². The Bertz CT molecular complexity index is 1040. The van der Waals surface area contributed by atoms with Gasteiger partial charge in [-0.15, -0.1) is 0 Å². The molecule has 1 aliphatic carbocycles. The summed E-state index contributed by atoms with van der Waals surface area (Å²) in [7, 11) is 0. The maximum Gasteiger partial charge on any atom is 0.435 e. The van der Waals surface area contributed by atoms with Crippen LogP contribution in [0.1, 0.15) is 62.9 Å². The van der Waals surface area contributed by atoms with E-state index < -0.39 is 11.7 Å². The Kier molecular flexibility index (Phi) is 6.16. The van der Waals surface area contributed by atoms with E-state index in [1.54, 1.807) is 6.20 Å². The first-order chi connectivity index (χ1) is 15.0. The lowest BCUT2D eigenvalue weighted by Crippen LogP contribution is -2.35. The molecule has 2 aromatic rings. The molecular weight excluding hydrogens is 453 g/mol. The molecule has 1 saturated heterocycles. The van der Waals surface area contributed by atoms with Crippen LogP contribution < -0.4 is 0 Å². The van der Waals surface area contributed by atoms with Crippen molar-refractivity contribution in [2.75, 3.05) is 6.54 Å². The molecule has 2 heterocycles. The molecule has 172 valence electrons. The topological polar surface area (TPSA) is 84.7 Å². The van der Waals surface area contributed by atoms with Gasteiger partial charge in [0.1, 0.15) is 11.4 Å². The fourth-order valence-corrected chi connectivity index (χ4v) is 5.24. The fraction of sp³-hybridized carbons (Fsp3) is 0.522. The molecule has 0 radical (unpaired) electrons. The Morgan fingerprint density at radius 2 is 1.94 bits per heavy atom. The number of halogens is 2. The second kappa shape index (κ2) is 8.60. The van der Waals surface area contributed by atoms with Gasteiger partial charge in [0.2, 0.25) is 5.91 Å². The minimum absolute atomic E-state index is 0.000130. The van der Waals surface area contributed by atoms with Crippen LogP contribution in [0.25, 0.3) is 0 Å². The number of hydrogen-bond donors (Lipinski definition) is 1. The molecule has 1 aromatic heterocycles. The van der Waals surface area contributed by atoms with E-state index in [2.05, 4.69) is 5.10 Å². The summed E-state index contributed by atoms with van der Waals surface area (Å²) in [5.41, 5.74) is 1.79. The van der Waals surface area contributed by atoms with Crippen molar-refractivity contribution in [3.63, 3.8) is 0 Å². The number of rotatable bonds is 3. The van der Waals surface area contributed by atoms with Crippen molar-refractivity contribution in [1.29, 1.82) is 0 Å². The highest BCUT2D eigenvalue weighted by Crippen LogP contribution is 2.40. The number of phenols is 1. The lowest BCUT2D eigenvalue weighted by atomic mass is 9.91. The number of carbonyl (C=O) groups excluding carboxylic acids is 2. The fourth-order valence-electron chi connectivity index (χ4n) is 4.61. The van der Waals surface area contributed by atoms with Gasteiger partial charge in [-0.2, -0.15) is 9.78 Å². The number of phenolic OH excluding ortho intramolecular Hbond substituents is 1. The van der Waals surface area contributed by atoms with E-state index in [1.165, 1.54) is 16.8 Å². The molecule has 1 aromatic carbocycles. The minimum Gasteiger partial charge on any atom is -0.508 e. The van der Waals surface area contributed by atoms with Gasteiger partial charge in [-0.3, -0.25) is 4.79 Å². The zero-order valence-corrected chi connectivity index (χ0v) is 19.9. The molecular formula is C23H27Cl2N3O4. The second-order valence-electron chi connectivity index (χ2n) is 9.46. The van der Waals surface area contributed by atoms with Crippen molar-refractivity contribution in [1.82, 2.24) is 14.7 Å². The highest BCUT2D eigenvalue weighted by molar-refractivity contribution is 6.36. The van der Waals surface area contributed by atoms with Gasteiger partial charge in [-0.25, -0.2) is 4.79 Å². The lowest BCUT2D eigenvalue weighted by Gasteiger charge is -2.31. The largest absolute Gasteiger partial charge is 0.508 e. The summed E-state index contributed by atoms with van der Waals surface area (Å²) >= 11 is 12.5. The number of hydrogen-bond acceptors (Lipinski definition) is 5. The summed E-state index contributed by atoms with van der Waals surface area (Å²) in [6.07, 6.45) is 4.71. The van der Waals surface area contributed by atoms with Gasteiger partial charge < -0.3 is 14.7 Å². The number of fused-ring (bicyclic) bond motifs is 1. The highest BCUT2D eigenvalue weighted by atomic mass is 35.5. The van der Waals surface area contributed by atoms with Crippen molar-refractivity contribution in [3.8, 4) is 5.75 Å². The van der Waals surface area contributed by atoms with Crippen LogP contribution >= 0.6 is 23.2 Å². The Morgan fingerprint density at radius 1 is 1.25 bits per heavy atom. The van der Waals surface area contributed by atoms with Crippen LogP contribution in [-0.2, 0) is 22.4 Å². The normalized spacial score (nSPS) is 21.0. The van der Waals surface area contributed by atoms with Gasteiger partial charge in [-0.05, 0) is 70.6 Å². The van der Waals surface area contributed by atoms with Crippen LogP contribution in [0.15, 0.2) is 18.3 Å². The Morgan fingerprint density at radius 3 is 2.59 bits per heavy atom. The van der Waals surface area contributed by atoms with E-state index in [-0.39, 0.29) is 23.6 Å². The Hall–Kier alpha value is -2.25. The van der Waals surface area contributed by atoms with Crippen molar-refractivity contribution in [2.24, 2.45) is 5.92 Å². The van der Waals surface area contributed by atoms with Crippen molar-refractivity contribution in [3.05, 3.63) is 45.2 Å². The predicted molar refractivity (Wildman–Crippen MR) is 121 cm³/mol. The molecule has 0 spiro atoms. The van der Waals surface area contributed by atoms with Crippen molar-refractivity contribution in [2.45, 2.75) is 64.5 Å². The van der Waals surface area contributed by atoms with E-state index in [4.69, 9.17) is 27.9 Å². The summed E-state index contributed by atoms with van der Waals surface area (Å²) in [6.45, 7) is 6.08. The molecule has 1 unspecified atom stereocenters. The third-order valence-corrected chi connectivity index (χ3v) is 6.70. The predicted octanol–water partition coefficient (Wildman–Crippen LogP) is 5.15. The molecule has 2 aliphatic rings. The zero-order chi connectivity index (χ0) is 23.2. The van der Waals surface area contributed by atoms with Crippen molar-refractivity contribution < 1.29 is 19.4 Å². The number of likely N-dealkylation sites (tertiary alicyclic amines) is 1. The molecule has 32 heavy (non-hydrogen) atoms. The van der Waals surface area contributed by atoms with E-state index in [0.29, 0.717) is 35.0 Å². The molecule has 9 heteroatoms. The molecule has 4 rings (SSSR count). The standard InChI is InChI=1S/C23H27Cl2N3O4/c1-23(2,3)32-22(31)28-20-6-4-5-19(16(20)12-26-28)27-8-7-13(21(27)30)9-15-17(24)10-14(29)11-18(15)25/h10-13,19,29H,4-9H2,1-3H3/t13?,19-/m1/s1. The first kappa shape index (κ1) is 22.9. The molecule has 1 N–H and O–H groups in total. The van der Waals surface area contributed by atoms with Gasteiger partial charge in [0.15, 0.2) is 0 Å². The average Bonchev–Trinajstić information content (AvgIpc) is 3.27. The van der Waals surface area contributed by atoms with Gasteiger partial charge in [0, 0.05) is 28.1 Å². The lowest BCUT2D eigenvalue weighted by molar-refractivity contribution is -0.133. The van der Waals surface area contributed by atoms with Gasteiger partial charge in [-0.1, -0.05) is 23.2 Å². The molecule has 0 saturated carbocycles. The summed E-state index contributed by atoms with van der Waals surface area (Å²) < 4.78 is 6.82. The van der Waals surface area contributed by atoms with Crippen LogP contribution in [0.3, 0.4) is 0 Å². The molecule has 7 nitrogen and oxygen atoms in total. The van der Waals surface area contributed by atoms with Crippen LogP contribution in [0, 0.1) is 5.92 Å². The maximum absolute atomic E-state index is 13.3. The number of nitrogens with zero attached hydrogens (tertiary/aromatic N) is 3. The van der Waals surface area contributed by atoms with Crippen LogP contribution in [0.5, 0.6) is 5.75 Å². The third-order valence-electron chi connectivity index (χ3n) is 6.02. The maximum atomic E-state index is 13.3. The van der Waals surface area contributed by atoms with Crippen LogP contribution in [0.2, 0.25) is 10.0 Å². The molecule has 0 bridgehead atoms. The van der Waals surface area contributed by atoms with Gasteiger partial charge in [0.25, 0.3) is 0 Å². The molecule has 1 fully saturated rings. The number of carbonyl (C=O) groups is 2. The number of aromatic hydroxyl groups is 1. The average molecular weight is 480 g/mol. The number of aromatic nitrogens is 2. The van der Waals surface area contributed by atoms with E-state index in [0.717, 1.165) is 30.5 Å². The van der Waals surface area contributed by atoms with Crippen LogP contribution in [-0.4, -0.2) is 43.9 Å². The number of ether oxygens (including phenoxy) is 1.